The van der Waals surface area contributed by atoms with E-state index in [0.717, 1.165) is 32.1 Å². The fourth-order valence-corrected chi connectivity index (χ4v) is 1.68. The highest BCUT2D eigenvalue weighted by molar-refractivity contribution is 5.87. The van der Waals surface area contributed by atoms with E-state index in [1.54, 1.807) is 13.8 Å². The quantitative estimate of drug-likeness (QED) is 0.348. The average Bonchev–Trinajstić information content (AvgIpc) is 2.36. The molecule has 21 heavy (non-hydrogen) atoms. The minimum absolute atomic E-state index is 0.331. The van der Waals surface area contributed by atoms with E-state index in [0.29, 0.717) is 17.8 Å². The van der Waals surface area contributed by atoms with Crippen LogP contribution in [0.1, 0.15) is 59.8 Å². The molecule has 0 saturated carbocycles. The molecular formula is C17H28O4. The van der Waals surface area contributed by atoms with Gasteiger partial charge in [0.1, 0.15) is 5.60 Å². The normalized spacial score (nSPS) is 10.9. The molecule has 120 valence electrons. The average molecular weight is 296 g/mol. The zero-order valence-corrected chi connectivity index (χ0v) is 13.8. The Balaban J connectivity index is 3.70. The lowest BCUT2D eigenvalue weighted by atomic mass is 9.99. The zero-order chi connectivity index (χ0) is 16.5. The van der Waals surface area contributed by atoms with Crippen molar-refractivity contribution in [3.63, 3.8) is 0 Å². The summed E-state index contributed by atoms with van der Waals surface area (Å²) in [6.07, 6.45) is 4.60. The third kappa shape index (κ3) is 9.88. The molecule has 0 heterocycles. The topological polar surface area (TPSA) is 52.6 Å². The molecule has 4 nitrogen and oxygen atoms in total. The molecule has 0 aromatic rings. The first kappa shape index (κ1) is 19.4. The van der Waals surface area contributed by atoms with Crippen molar-refractivity contribution in [2.45, 2.75) is 65.4 Å². The lowest BCUT2D eigenvalue weighted by molar-refractivity contribution is -0.152. The predicted octanol–water partition coefficient (Wildman–Crippen LogP) is 3.95. The van der Waals surface area contributed by atoms with E-state index in [9.17, 15) is 9.59 Å². The summed E-state index contributed by atoms with van der Waals surface area (Å²) < 4.78 is 10.4. The Kier molecular flexibility index (Phi) is 8.67. The van der Waals surface area contributed by atoms with E-state index < -0.39 is 5.60 Å². The highest BCUT2D eigenvalue weighted by Crippen LogP contribution is 2.20. The van der Waals surface area contributed by atoms with Crippen LogP contribution in [0, 0.1) is 0 Å². The minimum atomic E-state index is -0.470. The fourth-order valence-electron chi connectivity index (χ4n) is 1.68. The SMILES string of the molecule is C=C(C)C(=O)OCCCCCCC(C)(C)OC(=O)C(=C)C. The van der Waals surface area contributed by atoms with Gasteiger partial charge in [-0.2, -0.15) is 0 Å². The Morgan fingerprint density at radius 2 is 1.43 bits per heavy atom. The Labute approximate surface area is 128 Å². The molecule has 0 N–H and O–H groups in total. The van der Waals surface area contributed by atoms with Crippen molar-refractivity contribution >= 4 is 11.9 Å². The molecule has 0 unspecified atom stereocenters. The van der Waals surface area contributed by atoms with Gasteiger partial charge < -0.3 is 9.47 Å². The largest absolute Gasteiger partial charge is 0.462 e. The van der Waals surface area contributed by atoms with Crippen LogP contribution in [0.4, 0.5) is 0 Å². The zero-order valence-electron chi connectivity index (χ0n) is 13.8. The summed E-state index contributed by atoms with van der Waals surface area (Å²) in [4.78, 5) is 22.6. The van der Waals surface area contributed by atoms with E-state index >= 15 is 0 Å². The van der Waals surface area contributed by atoms with Crippen molar-refractivity contribution in [3.8, 4) is 0 Å². The number of hydrogen-bond acceptors (Lipinski definition) is 4. The molecule has 0 amide bonds. The molecule has 0 bridgehead atoms. The number of unbranched alkanes of at least 4 members (excludes halogenated alkanes) is 3. The molecule has 4 heteroatoms. The highest BCUT2D eigenvalue weighted by atomic mass is 16.6. The number of ether oxygens (including phenoxy) is 2. The van der Waals surface area contributed by atoms with Gasteiger partial charge in [0.05, 0.1) is 6.61 Å². The molecule has 0 atom stereocenters. The summed E-state index contributed by atoms with van der Waals surface area (Å²) in [6, 6.07) is 0. The van der Waals surface area contributed by atoms with Crippen molar-refractivity contribution in [1.82, 2.24) is 0 Å². The van der Waals surface area contributed by atoms with E-state index in [2.05, 4.69) is 13.2 Å². The van der Waals surface area contributed by atoms with E-state index in [1.165, 1.54) is 0 Å². The van der Waals surface area contributed by atoms with Crippen molar-refractivity contribution in [1.29, 1.82) is 0 Å². The van der Waals surface area contributed by atoms with Gasteiger partial charge in [-0.05, 0) is 47.0 Å². The van der Waals surface area contributed by atoms with Crippen LogP contribution in [0.15, 0.2) is 24.3 Å². The van der Waals surface area contributed by atoms with E-state index in [-0.39, 0.29) is 11.9 Å². The molecule has 0 fully saturated rings. The van der Waals surface area contributed by atoms with Crippen molar-refractivity contribution in [2.24, 2.45) is 0 Å². The summed E-state index contributed by atoms with van der Waals surface area (Å²) in [5.74, 6) is -0.672. The second kappa shape index (κ2) is 9.37. The molecular weight excluding hydrogens is 268 g/mol. The smallest absolute Gasteiger partial charge is 0.333 e. The molecule has 0 rings (SSSR count). The Morgan fingerprint density at radius 1 is 0.905 bits per heavy atom. The summed E-state index contributed by atoms with van der Waals surface area (Å²) in [7, 11) is 0. The van der Waals surface area contributed by atoms with Gasteiger partial charge in [-0.3, -0.25) is 0 Å². The van der Waals surface area contributed by atoms with Gasteiger partial charge in [-0.1, -0.05) is 26.0 Å². The summed E-state index contributed by atoms with van der Waals surface area (Å²) in [5, 5.41) is 0. The van der Waals surface area contributed by atoms with Crippen LogP contribution in [0.5, 0.6) is 0 Å². The highest BCUT2D eigenvalue weighted by Gasteiger charge is 2.22. The summed E-state index contributed by atoms with van der Waals surface area (Å²) in [5.41, 5.74) is 0.376. The molecule has 0 radical (unpaired) electrons. The van der Waals surface area contributed by atoms with Crippen molar-refractivity contribution in [2.75, 3.05) is 6.61 Å². The van der Waals surface area contributed by atoms with Crippen LogP contribution in [0.2, 0.25) is 0 Å². The molecule has 0 spiro atoms. The first-order valence-corrected chi connectivity index (χ1v) is 7.37. The van der Waals surface area contributed by atoms with Crippen LogP contribution in [0.3, 0.4) is 0 Å². The molecule has 0 aliphatic rings. The van der Waals surface area contributed by atoms with E-state index in [1.807, 2.05) is 13.8 Å². The van der Waals surface area contributed by atoms with Crippen LogP contribution < -0.4 is 0 Å². The maximum atomic E-state index is 11.5. The Bertz CT molecular complexity index is 394. The Morgan fingerprint density at radius 3 is 1.95 bits per heavy atom. The van der Waals surface area contributed by atoms with Gasteiger partial charge in [-0.25, -0.2) is 9.59 Å². The molecule has 0 aliphatic carbocycles. The molecule has 0 aromatic heterocycles. The second-order valence-electron chi connectivity index (χ2n) is 6.01. The lowest BCUT2D eigenvalue weighted by Gasteiger charge is -2.25. The lowest BCUT2D eigenvalue weighted by Crippen LogP contribution is -2.28. The number of carbonyl (C=O) groups excluding carboxylic acids is 2. The minimum Gasteiger partial charge on any atom is -0.462 e. The van der Waals surface area contributed by atoms with Gasteiger partial charge in [0, 0.05) is 11.1 Å². The van der Waals surface area contributed by atoms with Crippen LogP contribution in [0.25, 0.3) is 0 Å². The van der Waals surface area contributed by atoms with E-state index in [4.69, 9.17) is 9.47 Å². The number of esters is 2. The maximum absolute atomic E-state index is 11.5. The number of carbonyl (C=O) groups is 2. The fraction of sp³-hybridized carbons (Fsp3) is 0.647. The van der Waals surface area contributed by atoms with Crippen LogP contribution in [-0.4, -0.2) is 24.1 Å². The standard InChI is InChI=1S/C17H28O4/c1-13(2)15(18)20-12-10-8-7-9-11-17(5,6)21-16(19)14(3)4/h1,3,7-12H2,2,4-6H3. The number of rotatable bonds is 10. The summed E-state index contributed by atoms with van der Waals surface area (Å²) in [6.45, 7) is 14.6. The third-order valence-corrected chi connectivity index (χ3v) is 2.97. The maximum Gasteiger partial charge on any atom is 0.333 e. The van der Waals surface area contributed by atoms with Crippen LogP contribution >= 0.6 is 0 Å². The van der Waals surface area contributed by atoms with Gasteiger partial charge in [-0.15, -0.1) is 0 Å². The van der Waals surface area contributed by atoms with Gasteiger partial charge in [0.2, 0.25) is 0 Å². The Hall–Kier alpha value is -1.58. The third-order valence-electron chi connectivity index (χ3n) is 2.97. The van der Waals surface area contributed by atoms with Gasteiger partial charge in [0.15, 0.2) is 0 Å². The second-order valence-corrected chi connectivity index (χ2v) is 6.01. The van der Waals surface area contributed by atoms with Crippen LogP contribution in [-0.2, 0) is 19.1 Å². The van der Waals surface area contributed by atoms with Crippen molar-refractivity contribution in [3.05, 3.63) is 24.3 Å². The first-order valence-electron chi connectivity index (χ1n) is 7.37. The van der Waals surface area contributed by atoms with Gasteiger partial charge in [0.25, 0.3) is 0 Å². The molecule has 0 aromatic carbocycles. The van der Waals surface area contributed by atoms with Crippen molar-refractivity contribution < 1.29 is 19.1 Å². The predicted molar refractivity (Wildman–Crippen MR) is 83.8 cm³/mol. The molecule has 0 saturated heterocycles. The molecule has 0 aliphatic heterocycles. The van der Waals surface area contributed by atoms with Gasteiger partial charge >= 0.3 is 11.9 Å². The summed E-state index contributed by atoms with van der Waals surface area (Å²) >= 11 is 0. The first-order chi connectivity index (χ1) is 9.65. The monoisotopic (exact) mass is 296 g/mol. The number of hydrogen-bond donors (Lipinski definition) is 0.